The lowest BCUT2D eigenvalue weighted by atomic mass is 9.78. The van der Waals surface area contributed by atoms with Gasteiger partial charge in [0.2, 0.25) is 5.91 Å². The van der Waals surface area contributed by atoms with Gasteiger partial charge in [-0.3, -0.25) is 19.6 Å². The van der Waals surface area contributed by atoms with Crippen molar-refractivity contribution in [1.29, 1.82) is 0 Å². The molecule has 1 aliphatic carbocycles. The van der Waals surface area contributed by atoms with Gasteiger partial charge in [0, 0.05) is 35.9 Å². The monoisotopic (exact) mass is 561 g/mol. The number of aliphatic carboxylic acids is 1. The van der Waals surface area contributed by atoms with Crippen molar-refractivity contribution in [3.05, 3.63) is 46.8 Å². The maximum absolute atomic E-state index is 12.8. The first-order valence-corrected chi connectivity index (χ1v) is 12.8. The van der Waals surface area contributed by atoms with E-state index in [-0.39, 0.29) is 12.0 Å². The summed E-state index contributed by atoms with van der Waals surface area (Å²) in [5, 5.41) is 10.6. The van der Waals surface area contributed by atoms with Gasteiger partial charge >= 0.3 is 12.1 Å². The number of nitrogens with zero attached hydrogens (tertiary/aromatic N) is 2. The molecule has 1 aromatic heterocycles. The number of nitrogens with two attached hydrogens (primary N) is 2. The maximum Gasteiger partial charge on any atom is 0.490 e. The Labute approximate surface area is 228 Å². The summed E-state index contributed by atoms with van der Waals surface area (Å²) in [6.07, 6.45) is 2.55. The number of anilines is 2. The molecule has 6 N–H and O–H groups in total. The Balaban J connectivity index is 0.000000470. The number of ether oxygens (including phenoxy) is 1. The number of benzene rings is 1. The molecule has 3 aliphatic rings. The average Bonchev–Trinajstić information content (AvgIpc) is 3.56. The smallest absolute Gasteiger partial charge is 0.490 e. The Morgan fingerprint density at radius 1 is 1.18 bits per heavy atom. The second-order valence-corrected chi connectivity index (χ2v) is 10.2. The summed E-state index contributed by atoms with van der Waals surface area (Å²) in [5.41, 5.74) is 15.5. The van der Waals surface area contributed by atoms with Crippen LogP contribution in [0.5, 0.6) is 5.75 Å². The lowest BCUT2D eigenvalue weighted by Gasteiger charge is -2.35. The molecule has 13 heteroatoms. The molecule has 1 aromatic carbocycles. The van der Waals surface area contributed by atoms with Crippen LogP contribution >= 0.6 is 0 Å². The minimum absolute atomic E-state index is 0.277. The van der Waals surface area contributed by atoms with E-state index in [1.807, 2.05) is 25.1 Å². The number of primary amides is 2. The van der Waals surface area contributed by atoms with Crippen molar-refractivity contribution in [3.8, 4) is 5.75 Å². The molecule has 40 heavy (non-hydrogen) atoms. The van der Waals surface area contributed by atoms with Gasteiger partial charge in [0.1, 0.15) is 11.3 Å². The second-order valence-electron chi connectivity index (χ2n) is 10.2. The Morgan fingerprint density at radius 3 is 2.45 bits per heavy atom. The summed E-state index contributed by atoms with van der Waals surface area (Å²) < 4.78 is 37.4. The highest BCUT2D eigenvalue weighted by Gasteiger charge is 2.44. The highest BCUT2D eigenvalue weighted by molar-refractivity contribution is 6.07. The standard InChI is InChI=1S/C25H29N5O3.C2HF3O2/c1-14-21-17(12-25(30-14,24(27)32)11-15-5-2-3-6-15)22(18(13-28-21)23(26)31)29-19-7-4-8-20-16(19)9-10-33-20;3-2(4,5)1(6)7/h4,7-8,13,15H,2-3,5-6,9-12H2,1H3,(H2,26,31)(H2,27,32)(H,28,29);(H,6,7). The van der Waals surface area contributed by atoms with Crippen molar-refractivity contribution in [2.45, 2.75) is 63.6 Å². The summed E-state index contributed by atoms with van der Waals surface area (Å²) in [7, 11) is 0. The summed E-state index contributed by atoms with van der Waals surface area (Å²) in [6.45, 7) is 2.46. The molecular formula is C27H30F3N5O5. The molecule has 1 atom stereocenters. The number of amides is 2. The van der Waals surface area contributed by atoms with E-state index in [1.54, 1.807) is 0 Å². The molecular weight excluding hydrogens is 531 g/mol. The third-order valence-corrected chi connectivity index (χ3v) is 7.44. The molecule has 0 bridgehead atoms. The predicted molar refractivity (Wildman–Crippen MR) is 140 cm³/mol. The minimum atomic E-state index is -5.08. The number of carbonyl (C=O) groups is 3. The van der Waals surface area contributed by atoms with Crippen LogP contribution in [0.3, 0.4) is 0 Å². The van der Waals surface area contributed by atoms with Crippen LogP contribution < -0.4 is 21.5 Å². The summed E-state index contributed by atoms with van der Waals surface area (Å²) >= 11 is 0. The number of hydrogen-bond acceptors (Lipinski definition) is 7. The Morgan fingerprint density at radius 2 is 1.85 bits per heavy atom. The molecule has 10 nitrogen and oxygen atoms in total. The molecule has 2 amide bonds. The van der Waals surface area contributed by atoms with Crippen molar-refractivity contribution in [2.75, 3.05) is 11.9 Å². The number of pyridine rings is 1. The number of alkyl halides is 3. The van der Waals surface area contributed by atoms with E-state index < -0.39 is 29.5 Å². The summed E-state index contributed by atoms with van der Waals surface area (Å²) in [4.78, 5) is 43.4. The van der Waals surface area contributed by atoms with Crippen LogP contribution in [0, 0.1) is 5.92 Å². The highest BCUT2D eigenvalue weighted by atomic mass is 19.4. The third-order valence-electron chi connectivity index (χ3n) is 7.44. The Kier molecular flexibility index (Phi) is 8.03. The number of rotatable bonds is 6. The van der Waals surface area contributed by atoms with E-state index in [0.717, 1.165) is 41.8 Å². The van der Waals surface area contributed by atoms with Crippen LogP contribution in [-0.2, 0) is 22.4 Å². The van der Waals surface area contributed by atoms with E-state index >= 15 is 0 Å². The van der Waals surface area contributed by atoms with Gasteiger partial charge in [-0.15, -0.1) is 0 Å². The fourth-order valence-corrected chi connectivity index (χ4v) is 5.60. The molecule has 0 spiro atoms. The number of hydrogen-bond donors (Lipinski definition) is 4. The number of carboxylic acids is 1. The van der Waals surface area contributed by atoms with Crippen LogP contribution in [0.25, 0.3) is 0 Å². The summed E-state index contributed by atoms with van der Waals surface area (Å²) in [6, 6.07) is 5.79. The fourth-order valence-electron chi connectivity index (χ4n) is 5.60. The first kappa shape index (κ1) is 28.8. The first-order chi connectivity index (χ1) is 18.8. The molecule has 5 rings (SSSR count). The van der Waals surface area contributed by atoms with Gasteiger partial charge in [0.25, 0.3) is 5.91 Å². The number of fused-ring (bicyclic) bond motifs is 2. The zero-order chi connectivity index (χ0) is 29.2. The zero-order valence-corrected chi connectivity index (χ0v) is 21.8. The lowest BCUT2D eigenvalue weighted by molar-refractivity contribution is -0.192. The van der Waals surface area contributed by atoms with Crippen LogP contribution in [0.15, 0.2) is 29.4 Å². The quantitative estimate of drug-likeness (QED) is 0.417. The summed E-state index contributed by atoms with van der Waals surface area (Å²) in [5.74, 6) is -2.54. The normalized spacial score (nSPS) is 19.9. The molecule has 214 valence electrons. The van der Waals surface area contributed by atoms with Gasteiger partial charge in [-0.2, -0.15) is 13.2 Å². The van der Waals surface area contributed by atoms with Gasteiger partial charge in [-0.05, 0) is 31.4 Å². The SMILES string of the molecule is CC1=NC(CC2CCCC2)(C(N)=O)Cc2c1ncc(C(N)=O)c2Nc1cccc2c1CCO2.O=C(O)C(F)(F)F. The van der Waals surface area contributed by atoms with Crippen molar-refractivity contribution >= 4 is 34.9 Å². The average molecular weight is 562 g/mol. The molecule has 0 saturated heterocycles. The molecule has 2 aliphatic heterocycles. The molecule has 0 radical (unpaired) electrons. The van der Waals surface area contributed by atoms with E-state index in [1.165, 1.54) is 19.0 Å². The Hall–Kier alpha value is -4.16. The Bertz CT molecular complexity index is 1370. The van der Waals surface area contributed by atoms with Crippen LogP contribution in [-0.4, -0.2) is 51.9 Å². The molecule has 3 heterocycles. The van der Waals surface area contributed by atoms with E-state index in [0.29, 0.717) is 36.0 Å². The van der Waals surface area contributed by atoms with E-state index in [9.17, 15) is 22.8 Å². The van der Waals surface area contributed by atoms with Gasteiger partial charge in [0.15, 0.2) is 0 Å². The number of nitrogens with one attached hydrogen (secondary N) is 1. The molecule has 1 saturated carbocycles. The number of aromatic nitrogens is 1. The minimum Gasteiger partial charge on any atom is -0.493 e. The zero-order valence-electron chi connectivity index (χ0n) is 21.8. The first-order valence-electron chi connectivity index (χ1n) is 12.8. The largest absolute Gasteiger partial charge is 0.493 e. The van der Waals surface area contributed by atoms with Gasteiger partial charge in [-0.25, -0.2) is 4.79 Å². The predicted octanol–water partition coefficient (Wildman–Crippen LogP) is 3.66. The second kappa shape index (κ2) is 11.1. The molecule has 2 aromatic rings. The van der Waals surface area contributed by atoms with Crippen molar-refractivity contribution < 1.29 is 37.4 Å². The maximum atomic E-state index is 12.8. The number of carboxylic acid groups (broad SMARTS) is 1. The van der Waals surface area contributed by atoms with Crippen molar-refractivity contribution in [1.82, 2.24) is 4.98 Å². The number of carbonyl (C=O) groups excluding carboxylic acids is 2. The third kappa shape index (κ3) is 5.87. The number of aliphatic imine (C=N–C) groups is 1. The van der Waals surface area contributed by atoms with Crippen LogP contribution in [0.1, 0.15) is 66.2 Å². The molecule has 1 unspecified atom stereocenters. The van der Waals surface area contributed by atoms with E-state index in [2.05, 4.69) is 10.3 Å². The van der Waals surface area contributed by atoms with Gasteiger partial charge < -0.3 is 26.6 Å². The van der Waals surface area contributed by atoms with E-state index in [4.69, 9.17) is 31.1 Å². The topological polar surface area (TPSA) is 170 Å². The van der Waals surface area contributed by atoms with Crippen LogP contribution in [0.4, 0.5) is 24.5 Å². The van der Waals surface area contributed by atoms with Crippen molar-refractivity contribution in [3.63, 3.8) is 0 Å². The highest BCUT2D eigenvalue weighted by Crippen LogP contribution is 2.42. The molecule has 1 fully saturated rings. The fraction of sp³-hybridized carbons (Fsp3) is 0.444. The van der Waals surface area contributed by atoms with Crippen molar-refractivity contribution in [2.24, 2.45) is 22.4 Å². The van der Waals surface area contributed by atoms with Gasteiger partial charge in [-0.1, -0.05) is 31.7 Å². The van der Waals surface area contributed by atoms with Crippen LogP contribution in [0.2, 0.25) is 0 Å². The number of halogens is 3. The van der Waals surface area contributed by atoms with Gasteiger partial charge in [0.05, 0.1) is 29.3 Å². The lowest BCUT2D eigenvalue weighted by Crippen LogP contribution is -2.48.